The molecule has 3 rings (SSSR count). The van der Waals surface area contributed by atoms with Gasteiger partial charge >= 0.3 is 5.97 Å². The molecule has 1 saturated carbocycles. The summed E-state index contributed by atoms with van der Waals surface area (Å²) in [6.07, 6.45) is 4.46. The highest BCUT2D eigenvalue weighted by Crippen LogP contribution is 2.48. The summed E-state index contributed by atoms with van der Waals surface area (Å²) in [5, 5.41) is 11.0. The number of aryl methyl sites for hydroxylation is 1. The molecule has 1 fully saturated rings. The minimum atomic E-state index is -0.961. The van der Waals surface area contributed by atoms with Gasteiger partial charge in [-0.2, -0.15) is 0 Å². The molecule has 3 N–H and O–H groups in total. The predicted octanol–water partition coefficient (Wildman–Crippen LogP) is 1.34. The monoisotopic (exact) mass is 320 g/mol. The van der Waals surface area contributed by atoms with Gasteiger partial charge in [0.2, 0.25) is 5.91 Å². The second-order valence-electron chi connectivity index (χ2n) is 5.73. The van der Waals surface area contributed by atoms with Crippen LogP contribution in [0.15, 0.2) is 23.6 Å². The van der Waals surface area contributed by atoms with E-state index in [2.05, 4.69) is 10.9 Å². The first-order valence-electron chi connectivity index (χ1n) is 7.04. The summed E-state index contributed by atoms with van der Waals surface area (Å²) in [5.74, 6) is -3.29. The highest BCUT2D eigenvalue weighted by Gasteiger charge is 2.51. The van der Waals surface area contributed by atoms with Gasteiger partial charge in [0, 0.05) is 10.3 Å². The molecule has 4 atom stereocenters. The van der Waals surface area contributed by atoms with E-state index in [9.17, 15) is 19.5 Å². The van der Waals surface area contributed by atoms with Crippen molar-refractivity contribution in [2.75, 3.05) is 0 Å². The number of fused-ring (bicyclic) bond motifs is 2. The fourth-order valence-corrected chi connectivity index (χ4v) is 4.04. The second kappa shape index (κ2) is 5.57. The lowest BCUT2D eigenvalue weighted by molar-refractivity contribution is -0.148. The fraction of sp³-hybridized carbons (Fsp3) is 0.400. The maximum atomic E-state index is 12.3. The molecule has 6 nitrogen and oxygen atoms in total. The zero-order valence-corrected chi connectivity index (χ0v) is 12.7. The molecule has 1 aromatic heterocycles. The number of carbonyl (C=O) groups is 3. The average Bonchev–Trinajstić information content (AvgIpc) is 3.18. The van der Waals surface area contributed by atoms with Crippen LogP contribution in [0.2, 0.25) is 0 Å². The van der Waals surface area contributed by atoms with Crippen molar-refractivity contribution in [1.82, 2.24) is 10.9 Å². The van der Waals surface area contributed by atoms with Crippen molar-refractivity contribution in [1.29, 1.82) is 0 Å². The standard InChI is InChI=1S/C15H16N2O4S/c1-7-4-10(6-22-7)13(18)16-17-14(19)11-8-2-3-9(5-8)12(11)15(20)21/h2-4,6,8-9,11-12H,5H2,1H3,(H,16,18)(H,17,19)(H,20,21). The molecule has 0 saturated heterocycles. The number of amides is 2. The van der Waals surface area contributed by atoms with E-state index in [1.54, 1.807) is 11.4 Å². The second-order valence-corrected chi connectivity index (χ2v) is 6.84. The quantitative estimate of drug-likeness (QED) is 0.578. The Morgan fingerprint density at radius 1 is 1.18 bits per heavy atom. The van der Waals surface area contributed by atoms with Crippen molar-refractivity contribution in [2.24, 2.45) is 23.7 Å². The topological polar surface area (TPSA) is 95.5 Å². The number of hydrogen-bond donors (Lipinski definition) is 3. The Morgan fingerprint density at radius 3 is 2.45 bits per heavy atom. The van der Waals surface area contributed by atoms with Crippen LogP contribution < -0.4 is 10.9 Å². The number of aliphatic carboxylic acids is 1. The van der Waals surface area contributed by atoms with Crippen LogP contribution in [0.25, 0.3) is 0 Å². The van der Waals surface area contributed by atoms with E-state index in [4.69, 9.17) is 0 Å². The SMILES string of the molecule is Cc1cc(C(=O)NNC(=O)C2C3C=CC(C3)C2C(=O)O)cs1. The third-order valence-electron chi connectivity index (χ3n) is 4.34. The van der Waals surface area contributed by atoms with E-state index in [0.29, 0.717) is 12.0 Å². The van der Waals surface area contributed by atoms with Crippen molar-refractivity contribution in [2.45, 2.75) is 13.3 Å². The van der Waals surface area contributed by atoms with Gasteiger partial charge in [0.1, 0.15) is 0 Å². The maximum Gasteiger partial charge on any atom is 0.307 e. The van der Waals surface area contributed by atoms with E-state index < -0.39 is 29.6 Å². The zero-order valence-electron chi connectivity index (χ0n) is 11.9. The Labute approximate surface area is 131 Å². The van der Waals surface area contributed by atoms with Crippen LogP contribution in [0.3, 0.4) is 0 Å². The molecule has 1 heterocycles. The van der Waals surface area contributed by atoms with E-state index in [-0.39, 0.29) is 11.8 Å². The molecule has 2 bridgehead atoms. The summed E-state index contributed by atoms with van der Waals surface area (Å²) >= 11 is 1.45. The lowest BCUT2D eigenvalue weighted by Crippen LogP contribution is -2.48. The molecule has 0 radical (unpaired) electrons. The zero-order chi connectivity index (χ0) is 15.9. The van der Waals surface area contributed by atoms with E-state index >= 15 is 0 Å². The van der Waals surface area contributed by atoms with Gasteiger partial charge in [0.25, 0.3) is 5.91 Å². The molecule has 2 aliphatic carbocycles. The lowest BCUT2D eigenvalue weighted by Gasteiger charge is -2.23. The van der Waals surface area contributed by atoms with Crippen molar-refractivity contribution in [3.8, 4) is 0 Å². The first-order valence-corrected chi connectivity index (χ1v) is 7.92. The molecule has 0 spiro atoms. The van der Waals surface area contributed by atoms with Crippen molar-refractivity contribution in [3.05, 3.63) is 34.0 Å². The molecule has 0 aliphatic heterocycles. The molecule has 116 valence electrons. The number of hydrogen-bond acceptors (Lipinski definition) is 4. The number of hydrazine groups is 1. The fourth-order valence-electron chi connectivity index (χ4n) is 3.35. The largest absolute Gasteiger partial charge is 0.481 e. The number of carboxylic acids is 1. The summed E-state index contributed by atoms with van der Waals surface area (Å²) in [4.78, 5) is 36.5. The molecule has 0 aromatic carbocycles. The van der Waals surface area contributed by atoms with Crippen molar-refractivity contribution in [3.63, 3.8) is 0 Å². The summed E-state index contributed by atoms with van der Waals surface area (Å²) in [7, 11) is 0. The van der Waals surface area contributed by atoms with Crippen LogP contribution in [0.1, 0.15) is 21.7 Å². The molecule has 1 aromatic rings. The first-order chi connectivity index (χ1) is 10.5. The minimum Gasteiger partial charge on any atom is -0.481 e. The van der Waals surface area contributed by atoms with Crippen LogP contribution in [0.4, 0.5) is 0 Å². The van der Waals surface area contributed by atoms with Crippen LogP contribution >= 0.6 is 11.3 Å². The van der Waals surface area contributed by atoms with Crippen LogP contribution in [0.5, 0.6) is 0 Å². The predicted molar refractivity (Wildman–Crippen MR) is 80.0 cm³/mol. The highest BCUT2D eigenvalue weighted by atomic mass is 32.1. The van der Waals surface area contributed by atoms with Crippen LogP contribution in [0, 0.1) is 30.6 Å². The Balaban J connectivity index is 1.63. The molecular formula is C15H16N2O4S. The van der Waals surface area contributed by atoms with E-state index in [0.717, 1.165) is 4.88 Å². The molecular weight excluding hydrogens is 304 g/mol. The number of carboxylic acid groups (broad SMARTS) is 1. The number of carbonyl (C=O) groups excluding carboxylic acids is 2. The first kappa shape index (κ1) is 14.8. The normalized spacial score (nSPS) is 28.6. The summed E-state index contributed by atoms with van der Waals surface area (Å²) in [6.45, 7) is 1.89. The Bertz CT molecular complexity index is 666. The van der Waals surface area contributed by atoms with E-state index in [1.807, 2.05) is 19.1 Å². The van der Waals surface area contributed by atoms with Crippen molar-refractivity contribution < 1.29 is 19.5 Å². The van der Waals surface area contributed by atoms with Gasteiger partial charge < -0.3 is 5.11 Å². The third kappa shape index (κ3) is 2.52. The molecule has 2 amide bonds. The molecule has 2 aliphatic rings. The molecule has 4 unspecified atom stereocenters. The summed E-state index contributed by atoms with van der Waals surface area (Å²) in [6, 6.07) is 1.73. The number of thiophene rings is 1. The Kier molecular flexibility index (Phi) is 3.74. The van der Waals surface area contributed by atoms with Crippen LogP contribution in [-0.2, 0) is 9.59 Å². The van der Waals surface area contributed by atoms with Gasteiger partial charge in [-0.15, -0.1) is 11.3 Å². The summed E-state index contributed by atoms with van der Waals surface area (Å²) in [5.41, 5.74) is 5.21. The van der Waals surface area contributed by atoms with Gasteiger partial charge in [-0.25, -0.2) is 0 Å². The van der Waals surface area contributed by atoms with Gasteiger partial charge in [-0.1, -0.05) is 12.2 Å². The Hall–Kier alpha value is -2.15. The minimum absolute atomic E-state index is 0.0635. The number of rotatable bonds is 3. The lowest BCUT2D eigenvalue weighted by atomic mass is 9.82. The number of allylic oxidation sites excluding steroid dienone is 2. The average molecular weight is 320 g/mol. The summed E-state index contributed by atoms with van der Waals surface area (Å²) < 4.78 is 0. The van der Waals surface area contributed by atoms with E-state index in [1.165, 1.54) is 11.3 Å². The Morgan fingerprint density at radius 2 is 1.86 bits per heavy atom. The highest BCUT2D eigenvalue weighted by molar-refractivity contribution is 7.10. The third-order valence-corrected chi connectivity index (χ3v) is 5.20. The van der Waals surface area contributed by atoms with Gasteiger partial charge in [-0.05, 0) is 31.2 Å². The van der Waals surface area contributed by atoms with Crippen molar-refractivity contribution >= 4 is 29.1 Å². The van der Waals surface area contributed by atoms with Gasteiger partial charge in [0.05, 0.1) is 17.4 Å². The maximum absolute atomic E-state index is 12.3. The smallest absolute Gasteiger partial charge is 0.307 e. The molecule has 7 heteroatoms. The van der Waals surface area contributed by atoms with Crippen LogP contribution in [-0.4, -0.2) is 22.9 Å². The number of nitrogens with one attached hydrogen (secondary N) is 2. The van der Waals surface area contributed by atoms with Gasteiger partial charge in [0.15, 0.2) is 0 Å². The van der Waals surface area contributed by atoms with Gasteiger partial charge in [-0.3, -0.25) is 25.2 Å². The molecule has 22 heavy (non-hydrogen) atoms.